The van der Waals surface area contributed by atoms with Gasteiger partial charge in [0.15, 0.2) is 0 Å². The van der Waals surface area contributed by atoms with Crippen LogP contribution in [-0.4, -0.2) is 46.2 Å². The highest BCUT2D eigenvalue weighted by Gasteiger charge is 2.49. The third kappa shape index (κ3) is 3.42. The molecule has 3 heterocycles. The van der Waals surface area contributed by atoms with E-state index in [1.54, 1.807) is 6.92 Å². The predicted molar refractivity (Wildman–Crippen MR) is 93.9 cm³/mol. The average molecular weight is 350 g/mol. The Kier molecular flexibility index (Phi) is 5.11. The first kappa shape index (κ1) is 18.6. The maximum Gasteiger partial charge on any atom is 0.334 e. The summed E-state index contributed by atoms with van der Waals surface area (Å²) >= 11 is 0. The third-order valence-electron chi connectivity index (χ3n) is 6.18. The summed E-state index contributed by atoms with van der Waals surface area (Å²) in [4.78, 5) is 12.0. The molecule has 0 spiro atoms. The van der Waals surface area contributed by atoms with Crippen molar-refractivity contribution in [1.82, 2.24) is 0 Å². The molecule has 0 aromatic carbocycles. The summed E-state index contributed by atoms with van der Waals surface area (Å²) in [7, 11) is 0. The Morgan fingerprint density at radius 2 is 1.96 bits per heavy atom. The van der Waals surface area contributed by atoms with Gasteiger partial charge in [0.05, 0.1) is 11.7 Å². The summed E-state index contributed by atoms with van der Waals surface area (Å²) in [5, 5.41) is 21.8. The first-order chi connectivity index (χ1) is 11.7. The summed E-state index contributed by atoms with van der Waals surface area (Å²) < 4.78 is 11.7. The molecule has 1 fully saturated rings. The highest BCUT2D eigenvalue weighted by molar-refractivity contribution is 5.92. The molecule has 2 N–H and O–H groups in total. The fraction of sp³-hybridized carbons (Fsp3) is 0.750. The van der Waals surface area contributed by atoms with E-state index in [9.17, 15) is 15.0 Å². The van der Waals surface area contributed by atoms with Crippen LogP contribution in [0.5, 0.6) is 0 Å². The Labute approximate surface area is 149 Å². The molecule has 3 aliphatic heterocycles. The second kappa shape index (κ2) is 6.86. The molecule has 0 aromatic heterocycles. The molecule has 0 unspecified atom stereocenters. The lowest BCUT2D eigenvalue weighted by Crippen LogP contribution is -2.49. The number of fused-ring (bicyclic) bond motifs is 3. The van der Waals surface area contributed by atoms with Crippen LogP contribution in [0.25, 0.3) is 0 Å². The maximum absolute atomic E-state index is 12.0. The van der Waals surface area contributed by atoms with Crippen molar-refractivity contribution >= 4 is 5.97 Å². The maximum atomic E-state index is 12.0. The van der Waals surface area contributed by atoms with Gasteiger partial charge in [-0.15, -0.1) is 0 Å². The van der Waals surface area contributed by atoms with Gasteiger partial charge < -0.3 is 19.7 Å². The van der Waals surface area contributed by atoms with E-state index >= 15 is 0 Å². The van der Waals surface area contributed by atoms with Crippen LogP contribution in [0, 0.1) is 5.92 Å². The zero-order valence-corrected chi connectivity index (χ0v) is 15.6. The summed E-state index contributed by atoms with van der Waals surface area (Å²) in [6, 6.07) is 0. The molecule has 1 saturated heterocycles. The van der Waals surface area contributed by atoms with Crippen LogP contribution in [0.15, 0.2) is 22.8 Å². The summed E-state index contributed by atoms with van der Waals surface area (Å²) in [6.07, 6.45) is 3.61. The van der Waals surface area contributed by atoms with Gasteiger partial charge >= 0.3 is 5.97 Å². The van der Waals surface area contributed by atoms with E-state index in [1.165, 1.54) is 0 Å². The molecule has 140 valence electrons. The van der Waals surface area contributed by atoms with E-state index in [-0.39, 0.29) is 6.10 Å². The van der Waals surface area contributed by atoms with Gasteiger partial charge in [-0.2, -0.15) is 0 Å². The minimum Gasteiger partial charge on any atom is -0.454 e. The average Bonchev–Trinajstić information content (AvgIpc) is 3.07. The van der Waals surface area contributed by atoms with Crippen molar-refractivity contribution in [2.75, 3.05) is 0 Å². The number of aliphatic hydroxyl groups excluding tert-OH is 2. The Balaban J connectivity index is 1.97. The van der Waals surface area contributed by atoms with Crippen LogP contribution in [-0.2, 0) is 14.3 Å². The zero-order chi connectivity index (χ0) is 18.4. The Morgan fingerprint density at radius 3 is 2.68 bits per heavy atom. The van der Waals surface area contributed by atoms with Crippen molar-refractivity contribution in [1.29, 1.82) is 0 Å². The molecule has 6 atom stereocenters. The third-order valence-corrected chi connectivity index (χ3v) is 6.18. The van der Waals surface area contributed by atoms with Crippen LogP contribution in [0.2, 0.25) is 0 Å². The molecule has 2 bridgehead atoms. The number of rotatable bonds is 0. The van der Waals surface area contributed by atoms with Gasteiger partial charge in [0.1, 0.15) is 18.3 Å². The lowest BCUT2D eigenvalue weighted by atomic mass is 9.84. The quantitative estimate of drug-likeness (QED) is 0.519. The Hall–Kier alpha value is -1.17. The molecule has 3 aliphatic rings. The van der Waals surface area contributed by atoms with Crippen LogP contribution in [0.4, 0.5) is 0 Å². The van der Waals surface area contributed by atoms with Crippen LogP contribution >= 0.6 is 0 Å². The normalized spacial score (nSPS) is 45.0. The van der Waals surface area contributed by atoms with Crippen molar-refractivity contribution < 1.29 is 24.5 Å². The van der Waals surface area contributed by atoms with Crippen LogP contribution in [0.3, 0.4) is 0 Å². The molecule has 5 heteroatoms. The molecular weight excluding hydrogens is 320 g/mol. The molecule has 3 rings (SSSR count). The molecule has 0 saturated carbocycles. The van der Waals surface area contributed by atoms with Gasteiger partial charge in [0, 0.05) is 17.6 Å². The smallest absolute Gasteiger partial charge is 0.334 e. The number of carbonyl (C=O) groups is 1. The molecule has 5 nitrogen and oxygen atoms in total. The fourth-order valence-electron chi connectivity index (χ4n) is 4.37. The van der Waals surface area contributed by atoms with Gasteiger partial charge in [-0.3, -0.25) is 0 Å². The number of esters is 1. The first-order valence-corrected chi connectivity index (χ1v) is 9.34. The van der Waals surface area contributed by atoms with E-state index in [1.807, 2.05) is 13.8 Å². The summed E-state index contributed by atoms with van der Waals surface area (Å²) in [5.74, 6) is -0.00983. The number of hydrogen-bond donors (Lipinski definition) is 2. The van der Waals surface area contributed by atoms with Gasteiger partial charge in [-0.1, -0.05) is 18.6 Å². The minimum atomic E-state index is -1.16. The highest BCUT2D eigenvalue weighted by atomic mass is 16.6. The van der Waals surface area contributed by atoms with Crippen LogP contribution < -0.4 is 0 Å². The SMILES string of the molecule is CC1=C2[C@H](C/C(C)=C/CC[C@@H](C)[C@@H]3CC[C@](C)(O3)[C@H](O)[C@H]2O)OC1=O. The molecule has 0 aliphatic carbocycles. The van der Waals surface area contributed by atoms with Crippen molar-refractivity contribution in [2.24, 2.45) is 5.92 Å². The van der Waals surface area contributed by atoms with Gasteiger partial charge in [0.25, 0.3) is 0 Å². The van der Waals surface area contributed by atoms with Crippen LogP contribution in [0.1, 0.15) is 59.8 Å². The van der Waals surface area contributed by atoms with Gasteiger partial charge in [0.2, 0.25) is 0 Å². The predicted octanol–water partition coefficient (Wildman–Crippen LogP) is 2.65. The van der Waals surface area contributed by atoms with E-state index < -0.39 is 29.9 Å². The van der Waals surface area contributed by atoms with E-state index in [0.29, 0.717) is 29.9 Å². The minimum absolute atomic E-state index is 0.0913. The second-order valence-corrected chi connectivity index (χ2v) is 8.18. The van der Waals surface area contributed by atoms with Crippen molar-refractivity contribution in [3.05, 3.63) is 22.8 Å². The van der Waals surface area contributed by atoms with E-state index in [4.69, 9.17) is 9.47 Å². The molecular formula is C20H30O5. The second-order valence-electron chi connectivity index (χ2n) is 8.18. The number of allylic oxidation sites excluding steroid dienone is 1. The number of carbonyl (C=O) groups excluding carboxylic acids is 1. The van der Waals surface area contributed by atoms with Crippen molar-refractivity contribution in [3.63, 3.8) is 0 Å². The molecule has 0 amide bonds. The van der Waals surface area contributed by atoms with Crippen molar-refractivity contribution in [2.45, 2.75) is 89.8 Å². The molecule has 0 radical (unpaired) electrons. The number of ether oxygens (including phenoxy) is 2. The fourth-order valence-corrected chi connectivity index (χ4v) is 4.37. The molecule has 25 heavy (non-hydrogen) atoms. The van der Waals surface area contributed by atoms with Gasteiger partial charge in [-0.05, 0) is 52.4 Å². The lowest BCUT2D eigenvalue weighted by Gasteiger charge is -2.35. The number of aliphatic hydroxyl groups is 2. The first-order valence-electron chi connectivity index (χ1n) is 9.34. The standard InChI is InChI=1S/C20H30O5/c1-11-6-5-7-12(2)14-8-9-20(4,25-14)18(22)17(21)16-13(3)19(23)24-15(16)10-11/h6,12,14-15,17-18,21-22H,5,7-10H2,1-4H3/b11-6+/t12-,14+,15+,17+,18-,20+/m1/s1. The summed E-state index contributed by atoms with van der Waals surface area (Å²) in [6.45, 7) is 7.73. The Morgan fingerprint density at radius 1 is 1.24 bits per heavy atom. The van der Waals surface area contributed by atoms with Crippen molar-refractivity contribution in [3.8, 4) is 0 Å². The highest BCUT2D eigenvalue weighted by Crippen LogP contribution is 2.41. The van der Waals surface area contributed by atoms with E-state index in [0.717, 1.165) is 24.8 Å². The molecule has 0 aromatic rings. The Bertz CT molecular complexity index is 607. The number of hydrogen-bond acceptors (Lipinski definition) is 5. The largest absolute Gasteiger partial charge is 0.454 e. The monoisotopic (exact) mass is 350 g/mol. The zero-order valence-electron chi connectivity index (χ0n) is 15.6. The van der Waals surface area contributed by atoms with Gasteiger partial charge in [-0.25, -0.2) is 4.79 Å². The topological polar surface area (TPSA) is 76.0 Å². The van der Waals surface area contributed by atoms with E-state index in [2.05, 4.69) is 13.0 Å². The lowest BCUT2D eigenvalue weighted by molar-refractivity contribution is -0.146. The summed E-state index contributed by atoms with van der Waals surface area (Å²) in [5.41, 5.74) is 1.24.